The van der Waals surface area contributed by atoms with E-state index in [1.165, 1.54) is 0 Å². The highest BCUT2D eigenvalue weighted by molar-refractivity contribution is 5.62. The minimum absolute atomic E-state index is 0.0879. The van der Waals surface area contributed by atoms with Gasteiger partial charge in [-0.25, -0.2) is 5.01 Å². The van der Waals surface area contributed by atoms with Crippen molar-refractivity contribution in [2.45, 2.75) is 25.4 Å². The number of nitrogens with one attached hydrogen (secondary N) is 1. The van der Waals surface area contributed by atoms with Crippen molar-refractivity contribution in [3.8, 4) is 0 Å². The summed E-state index contributed by atoms with van der Waals surface area (Å²) in [5.41, 5.74) is 1.34. The van der Waals surface area contributed by atoms with Crippen molar-refractivity contribution in [3.05, 3.63) is 33.9 Å². The summed E-state index contributed by atoms with van der Waals surface area (Å²) in [7, 11) is 0. The molecule has 1 heterocycles. The normalized spacial score (nSPS) is 16.9. The van der Waals surface area contributed by atoms with Gasteiger partial charge in [0.15, 0.2) is 0 Å². The average Bonchev–Trinajstić information content (AvgIpc) is 2.38. The maximum atomic E-state index is 12.6. The van der Waals surface area contributed by atoms with Crippen LogP contribution in [0.25, 0.3) is 0 Å². The highest BCUT2D eigenvalue weighted by Gasteiger charge is 2.33. The summed E-state index contributed by atoms with van der Waals surface area (Å²) in [6, 6.07) is 2.52. The van der Waals surface area contributed by atoms with Crippen molar-refractivity contribution in [2.75, 3.05) is 18.5 Å². The smallest absolute Gasteiger partial charge is 0.313 e. The van der Waals surface area contributed by atoms with Gasteiger partial charge in [-0.3, -0.25) is 10.1 Å². The lowest BCUT2D eigenvalue weighted by Gasteiger charge is -2.27. The van der Waals surface area contributed by atoms with Crippen LogP contribution in [0.4, 0.5) is 24.5 Å². The van der Waals surface area contributed by atoms with E-state index in [1.54, 1.807) is 5.01 Å². The van der Waals surface area contributed by atoms with Crippen LogP contribution in [0.3, 0.4) is 0 Å². The molecule has 1 aliphatic heterocycles. The molecule has 1 aromatic carbocycles. The van der Waals surface area contributed by atoms with Crippen LogP contribution in [0.2, 0.25) is 0 Å². The molecule has 5 nitrogen and oxygen atoms in total. The molecule has 20 heavy (non-hydrogen) atoms. The molecule has 0 aromatic heterocycles. The fourth-order valence-electron chi connectivity index (χ4n) is 2.13. The van der Waals surface area contributed by atoms with Gasteiger partial charge < -0.3 is 5.43 Å². The van der Waals surface area contributed by atoms with Crippen LogP contribution < -0.4 is 5.43 Å². The Bertz CT molecular complexity index is 499. The maximum Gasteiger partial charge on any atom is 0.416 e. The summed E-state index contributed by atoms with van der Waals surface area (Å²) in [6.45, 7) is 1.44. The summed E-state index contributed by atoms with van der Waals surface area (Å²) in [6.07, 6.45) is -1.58. The number of hydrogen-bond acceptors (Lipinski definition) is 4. The first kappa shape index (κ1) is 14.6. The zero-order chi connectivity index (χ0) is 14.8. The van der Waals surface area contributed by atoms with Crippen molar-refractivity contribution in [3.63, 3.8) is 0 Å². The molecule has 0 amide bonds. The third kappa shape index (κ3) is 3.38. The lowest BCUT2D eigenvalue weighted by molar-refractivity contribution is -0.384. The first-order valence-electron chi connectivity index (χ1n) is 6.25. The molecule has 1 aliphatic rings. The van der Waals surface area contributed by atoms with Crippen molar-refractivity contribution in [1.82, 2.24) is 5.01 Å². The predicted octanol–water partition coefficient (Wildman–Crippen LogP) is 3.43. The van der Waals surface area contributed by atoms with Crippen LogP contribution in [-0.2, 0) is 6.18 Å². The number of piperidine rings is 1. The summed E-state index contributed by atoms with van der Waals surface area (Å²) >= 11 is 0. The van der Waals surface area contributed by atoms with Crippen LogP contribution in [0.1, 0.15) is 24.8 Å². The number of rotatable bonds is 3. The molecule has 1 saturated heterocycles. The van der Waals surface area contributed by atoms with E-state index in [0.717, 1.165) is 44.5 Å². The molecule has 1 N–H and O–H groups in total. The molecular weight excluding hydrogens is 275 g/mol. The van der Waals surface area contributed by atoms with E-state index >= 15 is 0 Å². The average molecular weight is 289 g/mol. The van der Waals surface area contributed by atoms with Gasteiger partial charge in [-0.15, -0.1) is 0 Å². The van der Waals surface area contributed by atoms with Gasteiger partial charge >= 0.3 is 6.18 Å². The molecule has 0 unspecified atom stereocenters. The Morgan fingerprint density at radius 2 is 1.85 bits per heavy atom. The Morgan fingerprint density at radius 3 is 2.40 bits per heavy atom. The first-order chi connectivity index (χ1) is 9.38. The van der Waals surface area contributed by atoms with Crippen LogP contribution in [-0.4, -0.2) is 23.0 Å². The predicted molar refractivity (Wildman–Crippen MR) is 67.1 cm³/mol. The minimum atomic E-state index is -4.59. The topological polar surface area (TPSA) is 58.4 Å². The molecule has 0 spiro atoms. The molecule has 110 valence electrons. The molecule has 2 rings (SSSR count). The molecule has 0 radical (unpaired) electrons. The van der Waals surface area contributed by atoms with Crippen LogP contribution >= 0.6 is 0 Å². The SMILES string of the molecule is O=[N+]([O-])c1cc(C(F)(F)F)ccc1NN1CCCCC1. The fraction of sp³-hybridized carbons (Fsp3) is 0.500. The molecule has 1 aromatic rings. The molecule has 0 atom stereocenters. The summed E-state index contributed by atoms with van der Waals surface area (Å²) < 4.78 is 37.7. The van der Waals surface area contributed by atoms with Crippen LogP contribution in [0.5, 0.6) is 0 Å². The third-order valence-corrected chi connectivity index (χ3v) is 3.16. The van der Waals surface area contributed by atoms with Gasteiger partial charge in [0.2, 0.25) is 0 Å². The zero-order valence-electron chi connectivity index (χ0n) is 10.6. The molecular formula is C12H14F3N3O2. The largest absolute Gasteiger partial charge is 0.416 e. The van der Waals surface area contributed by atoms with Crippen molar-refractivity contribution < 1.29 is 18.1 Å². The van der Waals surface area contributed by atoms with E-state index in [9.17, 15) is 23.3 Å². The van der Waals surface area contributed by atoms with E-state index in [-0.39, 0.29) is 5.69 Å². The van der Waals surface area contributed by atoms with E-state index in [2.05, 4.69) is 5.43 Å². The van der Waals surface area contributed by atoms with Gasteiger partial charge in [0.1, 0.15) is 5.69 Å². The Labute approximate surface area is 113 Å². The summed E-state index contributed by atoms with van der Waals surface area (Å²) in [5, 5.41) is 12.7. The molecule has 0 saturated carbocycles. The Morgan fingerprint density at radius 1 is 1.20 bits per heavy atom. The number of hydrazine groups is 1. The summed E-state index contributed by atoms with van der Waals surface area (Å²) in [5.74, 6) is 0. The number of nitrogens with zero attached hydrogens (tertiary/aromatic N) is 2. The zero-order valence-corrected chi connectivity index (χ0v) is 10.6. The second-order valence-electron chi connectivity index (χ2n) is 4.65. The number of hydrogen-bond donors (Lipinski definition) is 1. The van der Waals surface area contributed by atoms with Crippen molar-refractivity contribution in [2.24, 2.45) is 0 Å². The Kier molecular flexibility index (Phi) is 4.12. The maximum absolute atomic E-state index is 12.6. The van der Waals surface area contributed by atoms with Crippen LogP contribution in [0, 0.1) is 10.1 Å². The standard InChI is InChI=1S/C12H14F3N3O2/c13-12(14,15)9-4-5-10(11(8-9)18(19)20)16-17-6-2-1-3-7-17/h4-5,8,16H,1-3,6-7H2. The van der Waals surface area contributed by atoms with Gasteiger partial charge in [-0.1, -0.05) is 6.42 Å². The molecule has 8 heteroatoms. The van der Waals surface area contributed by atoms with Crippen LogP contribution in [0.15, 0.2) is 18.2 Å². The van der Waals surface area contributed by atoms with Gasteiger partial charge in [-0.2, -0.15) is 13.2 Å². The van der Waals surface area contributed by atoms with Crippen molar-refractivity contribution >= 4 is 11.4 Å². The minimum Gasteiger partial charge on any atom is -0.313 e. The van der Waals surface area contributed by atoms with Gasteiger partial charge in [-0.05, 0) is 25.0 Å². The Balaban J connectivity index is 2.25. The number of benzene rings is 1. The van der Waals surface area contributed by atoms with E-state index in [4.69, 9.17) is 0 Å². The van der Waals surface area contributed by atoms with E-state index < -0.39 is 22.4 Å². The van der Waals surface area contributed by atoms with Gasteiger partial charge in [0.25, 0.3) is 5.69 Å². The quantitative estimate of drug-likeness (QED) is 0.684. The lowest BCUT2D eigenvalue weighted by atomic mass is 10.1. The Hall–Kier alpha value is -1.83. The molecule has 0 aliphatic carbocycles. The number of anilines is 1. The second-order valence-corrected chi connectivity index (χ2v) is 4.65. The highest BCUT2D eigenvalue weighted by atomic mass is 19.4. The van der Waals surface area contributed by atoms with E-state index in [0.29, 0.717) is 6.07 Å². The number of nitro groups is 1. The van der Waals surface area contributed by atoms with Gasteiger partial charge in [0.05, 0.1) is 10.5 Å². The third-order valence-electron chi connectivity index (χ3n) is 3.16. The van der Waals surface area contributed by atoms with Crippen molar-refractivity contribution in [1.29, 1.82) is 0 Å². The molecule has 0 bridgehead atoms. The first-order valence-corrected chi connectivity index (χ1v) is 6.25. The van der Waals surface area contributed by atoms with E-state index in [1.807, 2.05) is 0 Å². The fourth-order valence-corrected chi connectivity index (χ4v) is 2.13. The number of nitro benzene ring substituents is 1. The van der Waals surface area contributed by atoms with Gasteiger partial charge in [0, 0.05) is 19.2 Å². The summed E-state index contributed by atoms with van der Waals surface area (Å²) in [4.78, 5) is 10.1. The lowest BCUT2D eigenvalue weighted by Crippen LogP contribution is -2.35. The monoisotopic (exact) mass is 289 g/mol. The highest BCUT2D eigenvalue weighted by Crippen LogP contribution is 2.35. The number of halogens is 3. The second kappa shape index (κ2) is 5.66. The molecule has 1 fully saturated rings. The number of alkyl halides is 3.